The summed E-state index contributed by atoms with van der Waals surface area (Å²) in [7, 11) is 3.74. The fourth-order valence-corrected chi connectivity index (χ4v) is 3.95. The Balaban J connectivity index is 1.41. The number of pyridine rings is 2. The van der Waals surface area contributed by atoms with Gasteiger partial charge in [0.1, 0.15) is 29.2 Å². The molecular weight excluding hydrogens is 416 g/mol. The van der Waals surface area contributed by atoms with Gasteiger partial charge in [0.2, 0.25) is 5.88 Å². The zero-order valence-electron chi connectivity index (χ0n) is 18.9. The first-order valence-electron chi connectivity index (χ1n) is 10.8. The molecule has 1 aliphatic heterocycles. The molecule has 33 heavy (non-hydrogen) atoms. The number of aryl methyl sites for hydroxylation is 1. The van der Waals surface area contributed by atoms with Crippen molar-refractivity contribution in [1.82, 2.24) is 24.4 Å². The molecule has 4 heterocycles. The standard InChI is InChI=1S/C25H26N6O2/c1-17-13-31(16-27-17)20-12-26-24(11-21(20)32-3)28-23-10-9-19-14-30(2)15-22(33-25(19)29-23)18-7-5-4-6-8-18/h4-13,16,22H,14-15H2,1-3H3,(H,26,28,29). The number of hydrogen-bond acceptors (Lipinski definition) is 7. The minimum atomic E-state index is -0.0867. The Morgan fingerprint density at radius 1 is 1.09 bits per heavy atom. The predicted molar refractivity (Wildman–Crippen MR) is 126 cm³/mol. The number of anilines is 2. The van der Waals surface area contributed by atoms with Gasteiger partial charge in [-0.15, -0.1) is 0 Å². The molecule has 168 valence electrons. The van der Waals surface area contributed by atoms with Crippen LogP contribution >= 0.6 is 0 Å². The minimum absolute atomic E-state index is 0.0867. The Kier molecular flexibility index (Phi) is 5.66. The topological polar surface area (TPSA) is 77.3 Å². The molecule has 8 nitrogen and oxygen atoms in total. The second-order valence-corrected chi connectivity index (χ2v) is 8.16. The van der Waals surface area contributed by atoms with Gasteiger partial charge in [-0.25, -0.2) is 9.97 Å². The van der Waals surface area contributed by atoms with Gasteiger partial charge in [0, 0.05) is 30.9 Å². The van der Waals surface area contributed by atoms with Crippen molar-refractivity contribution in [2.45, 2.75) is 19.6 Å². The fraction of sp³-hybridized carbons (Fsp3) is 0.240. The summed E-state index contributed by atoms with van der Waals surface area (Å²) < 4.78 is 13.8. The van der Waals surface area contributed by atoms with Crippen LogP contribution in [0.1, 0.15) is 22.9 Å². The first kappa shape index (κ1) is 21.0. The van der Waals surface area contributed by atoms with Crippen LogP contribution in [0.2, 0.25) is 0 Å². The molecule has 0 radical (unpaired) electrons. The quantitative estimate of drug-likeness (QED) is 0.494. The van der Waals surface area contributed by atoms with E-state index in [1.165, 1.54) is 0 Å². The summed E-state index contributed by atoms with van der Waals surface area (Å²) in [5.74, 6) is 2.61. The maximum Gasteiger partial charge on any atom is 0.220 e. The number of fused-ring (bicyclic) bond motifs is 1. The molecular formula is C25H26N6O2. The molecule has 4 aromatic rings. The van der Waals surface area contributed by atoms with Crippen molar-refractivity contribution in [3.8, 4) is 17.3 Å². The largest absolute Gasteiger partial charge is 0.494 e. The molecule has 0 fully saturated rings. The number of nitrogens with one attached hydrogen (secondary N) is 1. The Morgan fingerprint density at radius 2 is 1.94 bits per heavy atom. The Hall–Kier alpha value is -3.91. The van der Waals surface area contributed by atoms with Crippen molar-refractivity contribution in [3.05, 3.63) is 84.1 Å². The first-order valence-corrected chi connectivity index (χ1v) is 10.8. The van der Waals surface area contributed by atoms with Gasteiger partial charge in [-0.3, -0.25) is 4.90 Å². The molecule has 1 atom stereocenters. The highest BCUT2D eigenvalue weighted by Gasteiger charge is 2.23. The third-order valence-electron chi connectivity index (χ3n) is 5.59. The Labute approximate surface area is 192 Å². The molecule has 1 unspecified atom stereocenters. The normalized spacial score (nSPS) is 15.9. The van der Waals surface area contributed by atoms with E-state index in [2.05, 4.69) is 45.4 Å². The monoisotopic (exact) mass is 442 g/mol. The molecule has 0 bridgehead atoms. The summed E-state index contributed by atoms with van der Waals surface area (Å²) in [5.41, 5.74) is 3.93. The van der Waals surface area contributed by atoms with Crippen LogP contribution in [0.25, 0.3) is 5.69 Å². The average molecular weight is 443 g/mol. The van der Waals surface area contributed by atoms with Crippen molar-refractivity contribution in [2.75, 3.05) is 26.0 Å². The number of likely N-dealkylation sites (N-methyl/N-ethyl adjacent to an activating group) is 1. The predicted octanol–water partition coefficient (Wildman–Crippen LogP) is 4.29. The number of rotatable bonds is 5. The second kappa shape index (κ2) is 8.91. The van der Waals surface area contributed by atoms with E-state index >= 15 is 0 Å². The zero-order chi connectivity index (χ0) is 22.8. The van der Waals surface area contributed by atoms with Crippen molar-refractivity contribution < 1.29 is 9.47 Å². The van der Waals surface area contributed by atoms with Gasteiger partial charge in [-0.1, -0.05) is 30.3 Å². The van der Waals surface area contributed by atoms with Crippen LogP contribution in [0.3, 0.4) is 0 Å². The summed E-state index contributed by atoms with van der Waals surface area (Å²) in [6.07, 6.45) is 5.34. The van der Waals surface area contributed by atoms with Crippen LogP contribution < -0.4 is 14.8 Å². The van der Waals surface area contributed by atoms with E-state index in [9.17, 15) is 0 Å². The summed E-state index contributed by atoms with van der Waals surface area (Å²) in [6.45, 7) is 3.51. The van der Waals surface area contributed by atoms with E-state index in [1.54, 1.807) is 19.6 Å². The van der Waals surface area contributed by atoms with E-state index in [1.807, 2.05) is 48.0 Å². The number of ether oxygens (including phenoxy) is 2. The van der Waals surface area contributed by atoms with Crippen LogP contribution in [0, 0.1) is 6.92 Å². The molecule has 0 saturated heterocycles. The number of benzene rings is 1. The molecule has 0 spiro atoms. The highest BCUT2D eigenvalue weighted by Crippen LogP contribution is 2.31. The van der Waals surface area contributed by atoms with E-state index in [0.717, 1.165) is 35.6 Å². The number of nitrogens with zero attached hydrogens (tertiary/aromatic N) is 5. The summed E-state index contributed by atoms with van der Waals surface area (Å²) in [4.78, 5) is 15.8. The molecule has 0 aliphatic carbocycles. The molecule has 0 amide bonds. The van der Waals surface area contributed by atoms with Crippen molar-refractivity contribution >= 4 is 11.6 Å². The average Bonchev–Trinajstić information content (AvgIpc) is 3.18. The summed E-state index contributed by atoms with van der Waals surface area (Å²) >= 11 is 0. The number of methoxy groups -OCH3 is 1. The Morgan fingerprint density at radius 3 is 2.70 bits per heavy atom. The zero-order valence-corrected chi connectivity index (χ0v) is 18.9. The van der Waals surface area contributed by atoms with Gasteiger partial charge >= 0.3 is 0 Å². The van der Waals surface area contributed by atoms with E-state index < -0.39 is 0 Å². The van der Waals surface area contributed by atoms with Gasteiger partial charge in [0.05, 0.1) is 25.3 Å². The minimum Gasteiger partial charge on any atom is -0.494 e. The van der Waals surface area contributed by atoms with Crippen LogP contribution in [-0.2, 0) is 6.54 Å². The van der Waals surface area contributed by atoms with Crippen molar-refractivity contribution in [2.24, 2.45) is 0 Å². The lowest BCUT2D eigenvalue weighted by molar-refractivity contribution is 0.160. The second-order valence-electron chi connectivity index (χ2n) is 8.16. The lowest BCUT2D eigenvalue weighted by Gasteiger charge is -2.20. The third kappa shape index (κ3) is 4.51. The number of hydrogen-bond donors (Lipinski definition) is 1. The molecule has 3 aromatic heterocycles. The maximum atomic E-state index is 6.37. The SMILES string of the molecule is COc1cc(Nc2ccc3c(n2)OC(c2ccccc2)CN(C)C3)ncc1-n1cnc(C)c1. The van der Waals surface area contributed by atoms with Crippen LogP contribution in [0.4, 0.5) is 11.6 Å². The van der Waals surface area contributed by atoms with E-state index in [0.29, 0.717) is 23.3 Å². The first-order chi connectivity index (χ1) is 16.1. The van der Waals surface area contributed by atoms with Gasteiger partial charge in [0.25, 0.3) is 0 Å². The fourth-order valence-electron chi connectivity index (χ4n) is 3.95. The molecule has 1 N–H and O–H groups in total. The lowest BCUT2D eigenvalue weighted by Crippen LogP contribution is -2.24. The van der Waals surface area contributed by atoms with Gasteiger partial charge in [0.15, 0.2) is 0 Å². The lowest BCUT2D eigenvalue weighted by atomic mass is 10.1. The number of aromatic nitrogens is 4. The smallest absolute Gasteiger partial charge is 0.220 e. The van der Waals surface area contributed by atoms with Gasteiger partial charge < -0.3 is 19.4 Å². The van der Waals surface area contributed by atoms with Crippen molar-refractivity contribution in [1.29, 1.82) is 0 Å². The molecule has 5 rings (SSSR count). The molecule has 1 aromatic carbocycles. The van der Waals surface area contributed by atoms with Gasteiger partial charge in [-0.05, 0) is 31.7 Å². The number of imidazole rings is 1. The van der Waals surface area contributed by atoms with Crippen LogP contribution in [-0.4, -0.2) is 45.1 Å². The van der Waals surface area contributed by atoms with E-state index in [4.69, 9.17) is 14.5 Å². The summed E-state index contributed by atoms with van der Waals surface area (Å²) in [6, 6.07) is 16.1. The van der Waals surface area contributed by atoms with E-state index in [-0.39, 0.29) is 6.10 Å². The highest BCUT2D eigenvalue weighted by atomic mass is 16.5. The summed E-state index contributed by atoms with van der Waals surface area (Å²) in [5, 5.41) is 3.28. The molecule has 8 heteroatoms. The Bertz CT molecular complexity index is 1260. The molecule has 1 aliphatic rings. The van der Waals surface area contributed by atoms with Gasteiger partial charge in [-0.2, -0.15) is 4.98 Å². The van der Waals surface area contributed by atoms with Crippen LogP contribution in [0.15, 0.2) is 67.3 Å². The maximum absolute atomic E-state index is 6.37. The third-order valence-corrected chi connectivity index (χ3v) is 5.59. The highest BCUT2D eigenvalue weighted by molar-refractivity contribution is 5.59. The van der Waals surface area contributed by atoms with Crippen molar-refractivity contribution in [3.63, 3.8) is 0 Å². The molecule has 0 saturated carbocycles. The van der Waals surface area contributed by atoms with Crippen LogP contribution in [0.5, 0.6) is 11.6 Å².